The van der Waals surface area contributed by atoms with Gasteiger partial charge in [0.2, 0.25) is 5.91 Å². The summed E-state index contributed by atoms with van der Waals surface area (Å²) in [7, 11) is 1.65. The lowest BCUT2D eigenvalue weighted by molar-refractivity contribution is -0.122. The molecule has 0 aliphatic rings. The number of nitriles is 1. The fourth-order valence-corrected chi connectivity index (χ4v) is 2.95. The Balaban J connectivity index is 1.83. The fourth-order valence-electron chi connectivity index (χ4n) is 2.95. The Labute approximate surface area is 161 Å². The number of nitrogens with zero attached hydrogens (tertiary/aromatic N) is 2. The van der Waals surface area contributed by atoms with Crippen molar-refractivity contribution in [2.75, 3.05) is 26.7 Å². The molecule has 0 heterocycles. The van der Waals surface area contributed by atoms with E-state index in [9.17, 15) is 4.79 Å². The molecule has 2 aromatic carbocycles. The van der Waals surface area contributed by atoms with Crippen LogP contribution in [0.1, 0.15) is 36.6 Å². The number of likely N-dealkylation sites (N-methyl/N-ethyl adjacent to an activating group) is 1. The molecule has 142 valence electrons. The smallest absolute Gasteiger partial charge is 0.234 e. The van der Waals surface area contributed by atoms with E-state index >= 15 is 0 Å². The average Bonchev–Trinajstić information content (AvgIpc) is 2.72. The van der Waals surface area contributed by atoms with E-state index in [1.165, 1.54) is 0 Å². The molecule has 2 aromatic rings. The number of methoxy groups -OCH3 is 1. The van der Waals surface area contributed by atoms with Gasteiger partial charge in [-0.3, -0.25) is 9.69 Å². The number of hydrogen-bond acceptors (Lipinski definition) is 4. The molecule has 27 heavy (non-hydrogen) atoms. The summed E-state index contributed by atoms with van der Waals surface area (Å²) in [6.45, 7) is 5.85. The van der Waals surface area contributed by atoms with Gasteiger partial charge in [-0.1, -0.05) is 31.2 Å². The first-order valence-corrected chi connectivity index (χ1v) is 9.21. The second kappa shape index (κ2) is 10.3. The molecule has 0 saturated heterocycles. The van der Waals surface area contributed by atoms with Crippen molar-refractivity contribution >= 4 is 5.91 Å². The highest BCUT2D eigenvalue weighted by atomic mass is 16.5. The van der Waals surface area contributed by atoms with Gasteiger partial charge < -0.3 is 10.1 Å². The quantitative estimate of drug-likeness (QED) is 0.740. The van der Waals surface area contributed by atoms with E-state index in [4.69, 9.17) is 10.00 Å². The lowest BCUT2D eigenvalue weighted by Crippen LogP contribution is -2.39. The van der Waals surface area contributed by atoms with Crippen LogP contribution >= 0.6 is 0 Å². The first-order valence-electron chi connectivity index (χ1n) is 9.21. The first kappa shape index (κ1) is 20.5. The first-order chi connectivity index (χ1) is 13.1. The van der Waals surface area contributed by atoms with Gasteiger partial charge in [-0.2, -0.15) is 5.26 Å². The molecule has 1 unspecified atom stereocenters. The Bertz CT molecular complexity index is 764. The standard InChI is InChI=1S/C22H27N3O2/c1-4-25(17(2)20-9-5-19(15-23)6-10-20)16-22(26)24-14-13-18-7-11-21(27-3)12-8-18/h5-12,17H,4,13-14,16H2,1-3H3,(H,24,26). The van der Waals surface area contributed by atoms with Crippen LogP contribution in [0.5, 0.6) is 5.75 Å². The molecule has 0 bridgehead atoms. The molecule has 0 aliphatic heterocycles. The summed E-state index contributed by atoms with van der Waals surface area (Å²) in [6.07, 6.45) is 0.785. The molecule has 1 N–H and O–H groups in total. The van der Waals surface area contributed by atoms with Gasteiger partial charge in [0, 0.05) is 12.6 Å². The van der Waals surface area contributed by atoms with Crippen LogP contribution in [0, 0.1) is 11.3 Å². The summed E-state index contributed by atoms with van der Waals surface area (Å²) in [5.74, 6) is 0.851. The minimum atomic E-state index is 0.0193. The molecule has 1 amide bonds. The Morgan fingerprint density at radius 2 is 1.85 bits per heavy atom. The van der Waals surface area contributed by atoms with E-state index in [0.29, 0.717) is 18.7 Å². The topological polar surface area (TPSA) is 65.4 Å². The molecule has 5 nitrogen and oxygen atoms in total. The van der Waals surface area contributed by atoms with Gasteiger partial charge in [0.1, 0.15) is 5.75 Å². The van der Waals surface area contributed by atoms with Gasteiger partial charge in [0.15, 0.2) is 0 Å². The third-order valence-corrected chi connectivity index (χ3v) is 4.72. The maximum Gasteiger partial charge on any atom is 0.234 e. The van der Waals surface area contributed by atoms with Crippen LogP contribution in [-0.4, -0.2) is 37.6 Å². The number of hydrogen-bond donors (Lipinski definition) is 1. The highest BCUT2D eigenvalue weighted by Gasteiger charge is 2.17. The van der Waals surface area contributed by atoms with E-state index in [-0.39, 0.29) is 11.9 Å². The molecule has 1 atom stereocenters. The van der Waals surface area contributed by atoms with Crippen LogP contribution in [0.2, 0.25) is 0 Å². The van der Waals surface area contributed by atoms with Crippen molar-refractivity contribution in [3.8, 4) is 11.8 Å². The zero-order chi connectivity index (χ0) is 19.6. The van der Waals surface area contributed by atoms with Crippen LogP contribution in [0.25, 0.3) is 0 Å². The predicted octanol–water partition coefficient (Wildman–Crippen LogP) is 3.31. The molecule has 0 aromatic heterocycles. The van der Waals surface area contributed by atoms with E-state index < -0.39 is 0 Å². The molecule has 0 radical (unpaired) electrons. The summed E-state index contributed by atoms with van der Waals surface area (Å²) < 4.78 is 5.15. The maximum atomic E-state index is 12.3. The largest absolute Gasteiger partial charge is 0.497 e. The van der Waals surface area contributed by atoms with Crippen molar-refractivity contribution in [3.63, 3.8) is 0 Å². The van der Waals surface area contributed by atoms with E-state index in [1.807, 2.05) is 55.5 Å². The summed E-state index contributed by atoms with van der Waals surface area (Å²) >= 11 is 0. The normalized spacial score (nSPS) is 11.7. The molecule has 0 fully saturated rings. The van der Waals surface area contributed by atoms with Gasteiger partial charge >= 0.3 is 0 Å². The summed E-state index contributed by atoms with van der Waals surface area (Å²) in [4.78, 5) is 14.4. The van der Waals surface area contributed by atoms with Crippen molar-refractivity contribution in [1.82, 2.24) is 10.2 Å². The van der Waals surface area contributed by atoms with Crippen molar-refractivity contribution in [3.05, 3.63) is 65.2 Å². The van der Waals surface area contributed by atoms with Crippen LogP contribution in [0.3, 0.4) is 0 Å². The fraction of sp³-hybridized carbons (Fsp3) is 0.364. The maximum absolute atomic E-state index is 12.3. The highest BCUT2D eigenvalue weighted by Crippen LogP contribution is 2.20. The zero-order valence-corrected chi connectivity index (χ0v) is 16.2. The van der Waals surface area contributed by atoms with Crippen LogP contribution in [0.4, 0.5) is 0 Å². The van der Waals surface area contributed by atoms with Crippen LogP contribution in [-0.2, 0) is 11.2 Å². The SMILES string of the molecule is CCN(CC(=O)NCCc1ccc(OC)cc1)C(C)c1ccc(C#N)cc1. The third kappa shape index (κ3) is 6.12. The lowest BCUT2D eigenvalue weighted by Gasteiger charge is -2.27. The predicted molar refractivity (Wildman–Crippen MR) is 107 cm³/mol. The number of amides is 1. The summed E-state index contributed by atoms with van der Waals surface area (Å²) in [6, 6.07) is 17.6. The number of nitrogens with one attached hydrogen (secondary N) is 1. The van der Waals surface area contributed by atoms with E-state index in [1.54, 1.807) is 7.11 Å². The third-order valence-electron chi connectivity index (χ3n) is 4.72. The average molecular weight is 365 g/mol. The number of ether oxygens (including phenoxy) is 1. The monoisotopic (exact) mass is 365 g/mol. The molecular weight excluding hydrogens is 338 g/mol. The van der Waals surface area contributed by atoms with Gasteiger partial charge in [-0.25, -0.2) is 0 Å². The van der Waals surface area contributed by atoms with Crippen LogP contribution < -0.4 is 10.1 Å². The minimum Gasteiger partial charge on any atom is -0.497 e. The Hall–Kier alpha value is -2.84. The Morgan fingerprint density at radius 3 is 2.41 bits per heavy atom. The zero-order valence-electron chi connectivity index (χ0n) is 16.2. The Kier molecular flexibility index (Phi) is 7.84. The molecule has 2 rings (SSSR count). The van der Waals surface area contributed by atoms with Crippen molar-refractivity contribution in [2.45, 2.75) is 26.3 Å². The van der Waals surface area contributed by atoms with Gasteiger partial charge in [-0.05, 0) is 55.3 Å². The number of benzene rings is 2. The minimum absolute atomic E-state index is 0.0193. The lowest BCUT2D eigenvalue weighted by atomic mass is 10.0. The molecular formula is C22H27N3O2. The number of carbonyl (C=O) groups excluding carboxylic acids is 1. The van der Waals surface area contributed by atoms with Crippen molar-refractivity contribution in [2.24, 2.45) is 0 Å². The van der Waals surface area contributed by atoms with Gasteiger partial charge in [0.05, 0.1) is 25.3 Å². The van der Waals surface area contributed by atoms with Crippen molar-refractivity contribution in [1.29, 1.82) is 5.26 Å². The molecule has 0 spiro atoms. The number of carbonyl (C=O) groups is 1. The van der Waals surface area contributed by atoms with Crippen LogP contribution in [0.15, 0.2) is 48.5 Å². The second-order valence-electron chi connectivity index (χ2n) is 6.42. The molecule has 0 aliphatic carbocycles. The molecule has 0 saturated carbocycles. The van der Waals surface area contributed by atoms with E-state index in [2.05, 4.69) is 23.2 Å². The second-order valence-corrected chi connectivity index (χ2v) is 6.42. The number of rotatable bonds is 9. The summed E-state index contributed by atoms with van der Waals surface area (Å²) in [5.41, 5.74) is 2.90. The summed E-state index contributed by atoms with van der Waals surface area (Å²) in [5, 5.41) is 11.9. The molecule has 5 heteroatoms. The highest BCUT2D eigenvalue weighted by molar-refractivity contribution is 5.78. The van der Waals surface area contributed by atoms with E-state index in [0.717, 1.165) is 29.8 Å². The van der Waals surface area contributed by atoms with Gasteiger partial charge in [-0.15, -0.1) is 0 Å². The Morgan fingerprint density at radius 1 is 1.19 bits per heavy atom. The van der Waals surface area contributed by atoms with Crippen molar-refractivity contribution < 1.29 is 9.53 Å². The van der Waals surface area contributed by atoms with Gasteiger partial charge in [0.25, 0.3) is 0 Å².